The predicted molar refractivity (Wildman–Crippen MR) is 70.2 cm³/mol. The molecule has 1 heterocycles. The fourth-order valence-corrected chi connectivity index (χ4v) is 1.78. The average molecular weight is 309 g/mol. The number of benzene rings is 1. The van der Waals surface area contributed by atoms with Crippen molar-refractivity contribution in [1.29, 1.82) is 0 Å². The van der Waals surface area contributed by atoms with Crippen LogP contribution in [0.3, 0.4) is 0 Å². The molecule has 0 bridgehead atoms. The molecular weight excluding hydrogens is 296 g/mol. The number of Topliss-reactive ketones (excluding diaryl/α,β-unsaturated/α-hetero) is 1. The van der Waals surface area contributed by atoms with Crippen molar-refractivity contribution in [3.63, 3.8) is 0 Å². The van der Waals surface area contributed by atoms with Crippen molar-refractivity contribution in [3.05, 3.63) is 46.0 Å². The van der Waals surface area contributed by atoms with Crippen LogP contribution in [-0.2, 0) is 17.6 Å². The number of rotatable bonds is 5. The van der Waals surface area contributed by atoms with E-state index < -0.39 is 0 Å². The SMILES string of the molecule is CCC(=O)Cc1nc(Cc2ccc(Br)cc2)no1. The third-order valence-electron chi connectivity index (χ3n) is 2.53. The molecule has 0 fully saturated rings. The van der Waals surface area contributed by atoms with E-state index in [0.29, 0.717) is 24.6 Å². The van der Waals surface area contributed by atoms with Gasteiger partial charge in [0.15, 0.2) is 5.82 Å². The van der Waals surface area contributed by atoms with Crippen LogP contribution in [0, 0.1) is 0 Å². The molecule has 0 amide bonds. The van der Waals surface area contributed by atoms with Gasteiger partial charge >= 0.3 is 0 Å². The molecule has 4 nitrogen and oxygen atoms in total. The third kappa shape index (κ3) is 3.50. The van der Waals surface area contributed by atoms with Gasteiger partial charge in [-0.05, 0) is 17.7 Å². The molecule has 1 aromatic carbocycles. The van der Waals surface area contributed by atoms with Crippen LogP contribution < -0.4 is 0 Å². The summed E-state index contributed by atoms with van der Waals surface area (Å²) in [4.78, 5) is 15.5. The molecule has 0 saturated carbocycles. The predicted octanol–water partition coefficient (Wildman–Crippen LogP) is 2.94. The van der Waals surface area contributed by atoms with E-state index >= 15 is 0 Å². The van der Waals surface area contributed by atoms with Crippen molar-refractivity contribution in [2.24, 2.45) is 0 Å². The van der Waals surface area contributed by atoms with Gasteiger partial charge in [0.2, 0.25) is 5.89 Å². The van der Waals surface area contributed by atoms with Crippen LogP contribution in [0.25, 0.3) is 0 Å². The van der Waals surface area contributed by atoms with Gasteiger partial charge in [-0.3, -0.25) is 4.79 Å². The van der Waals surface area contributed by atoms with E-state index in [1.165, 1.54) is 0 Å². The lowest BCUT2D eigenvalue weighted by Gasteiger charge is -1.96. The monoisotopic (exact) mass is 308 g/mol. The maximum Gasteiger partial charge on any atom is 0.234 e. The highest BCUT2D eigenvalue weighted by Crippen LogP contribution is 2.13. The maximum absolute atomic E-state index is 11.3. The fourth-order valence-electron chi connectivity index (χ4n) is 1.51. The molecule has 0 aliphatic rings. The Morgan fingerprint density at radius 1 is 1.33 bits per heavy atom. The van der Waals surface area contributed by atoms with Gasteiger partial charge < -0.3 is 4.52 Å². The molecule has 2 aromatic rings. The summed E-state index contributed by atoms with van der Waals surface area (Å²) >= 11 is 3.38. The number of hydrogen-bond donors (Lipinski definition) is 0. The summed E-state index contributed by atoms with van der Waals surface area (Å²) in [5, 5.41) is 3.87. The first kappa shape index (κ1) is 13.0. The van der Waals surface area contributed by atoms with Crippen molar-refractivity contribution in [1.82, 2.24) is 10.1 Å². The first-order chi connectivity index (χ1) is 8.67. The van der Waals surface area contributed by atoms with E-state index in [4.69, 9.17) is 4.52 Å². The Bertz CT molecular complexity index is 534. The van der Waals surface area contributed by atoms with Gasteiger partial charge in [-0.2, -0.15) is 4.98 Å². The highest BCUT2D eigenvalue weighted by Gasteiger charge is 2.10. The minimum atomic E-state index is 0.105. The summed E-state index contributed by atoms with van der Waals surface area (Å²) in [7, 11) is 0. The Kier molecular flexibility index (Phi) is 4.25. The van der Waals surface area contributed by atoms with Crippen LogP contribution in [0.15, 0.2) is 33.3 Å². The molecule has 1 aromatic heterocycles. The fraction of sp³-hybridized carbons (Fsp3) is 0.308. The molecular formula is C13H13BrN2O2. The summed E-state index contributed by atoms with van der Waals surface area (Å²) in [6.45, 7) is 1.82. The molecule has 5 heteroatoms. The van der Waals surface area contributed by atoms with E-state index in [1.54, 1.807) is 0 Å². The minimum absolute atomic E-state index is 0.105. The highest BCUT2D eigenvalue weighted by atomic mass is 79.9. The lowest BCUT2D eigenvalue weighted by atomic mass is 10.1. The van der Waals surface area contributed by atoms with Crippen LogP contribution >= 0.6 is 15.9 Å². The number of carbonyl (C=O) groups excluding carboxylic acids is 1. The lowest BCUT2D eigenvalue weighted by Crippen LogP contribution is -2.00. The van der Waals surface area contributed by atoms with E-state index in [-0.39, 0.29) is 12.2 Å². The zero-order valence-electron chi connectivity index (χ0n) is 10.0. The normalized spacial score (nSPS) is 10.6. The molecule has 0 aliphatic carbocycles. The Labute approximate surface area is 114 Å². The van der Waals surface area contributed by atoms with Crippen molar-refractivity contribution in [2.45, 2.75) is 26.2 Å². The van der Waals surface area contributed by atoms with Crippen LogP contribution in [0.5, 0.6) is 0 Å². The van der Waals surface area contributed by atoms with Crippen LogP contribution in [0.1, 0.15) is 30.6 Å². The Hall–Kier alpha value is -1.49. The first-order valence-corrected chi connectivity index (χ1v) is 6.54. The quantitative estimate of drug-likeness (QED) is 0.852. The second-order valence-corrected chi connectivity index (χ2v) is 4.89. The van der Waals surface area contributed by atoms with Gasteiger partial charge in [0, 0.05) is 17.3 Å². The second kappa shape index (κ2) is 5.91. The van der Waals surface area contributed by atoms with Crippen LogP contribution in [0.2, 0.25) is 0 Å². The lowest BCUT2D eigenvalue weighted by molar-refractivity contribution is -0.118. The van der Waals surface area contributed by atoms with Crippen molar-refractivity contribution >= 4 is 21.7 Å². The molecule has 0 saturated heterocycles. The van der Waals surface area contributed by atoms with Crippen molar-refractivity contribution in [2.75, 3.05) is 0 Å². The third-order valence-corrected chi connectivity index (χ3v) is 3.06. The van der Waals surface area contributed by atoms with Gasteiger partial charge in [-0.25, -0.2) is 0 Å². The number of halogens is 1. The maximum atomic E-state index is 11.3. The summed E-state index contributed by atoms with van der Waals surface area (Å²) in [6, 6.07) is 7.93. The van der Waals surface area contributed by atoms with Gasteiger partial charge in [0.05, 0.1) is 6.42 Å². The van der Waals surface area contributed by atoms with E-state index in [9.17, 15) is 4.79 Å². The van der Waals surface area contributed by atoms with Gasteiger partial charge in [-0.1, -0.05) is 40.1 Å². The van der Waals surface area contributed by atoms with E-state index in [0.717, 1.165) is 10.0 Å². The standard InChI is InChI=1S/C13H13BrN2O2/c1-2-11(17)8-13-15-12(16-18-13)7-9-3-5-10(14)6-4-9/h3-6H,2,7-8H2,1H3. The number of nitrogens with zero attached hydrogens (tertiary/aromatic N) is 2. The summed E-state index contributed by atoms with van der Waals surface area (Å²) < 4.78 is 6.08. The minimum Gasteiger partial charge on any atom is -0.339 e. The zero-order chi connectivity index (χ0) is 13.0. The Balaban J connectivity index is 2.02. The van der Waals surface area contributed by atoms with Gasteiger partial charge in [-0.15, -0.1) is 0 Å². The van der Waals surface area contributed by atoms with E-state index in [2.05, 4.69) is 26.1 Å². The largest absolute Gasteiger partial charge is 0.339 e. The highest BCUT2D eigenvalue weighted by molar-refractivity contribution is 9.10. The van der Waals surface area contributed by atoms with Gasteiger partial charge in [0.1, 0.15) is 5.78 Å². The van der Waals surface area contributed by atoms with Crippen molar-refractivity contribution < 1.29 is 9.32 Å². The second-order valence-electron chi connectivity index (χ2n) is 3.98. The van der Waals surface area contributed by atoms with Crippen LogP contribution in [-0.4, -0.2) is 15.9 Å². The number of ketones is 1. The zero-order valence-corrected chi connectivity index (χ0v) is 11.6. The first-order valence-electron chi connectivity index (χ1n) is 5.75. The summed E-state index contributed by atoms with van der Waals surface area (Å²) in [5.74, 6) is 1.11. The summed E-state index contributed by atoms with van der Waals surface area (Å²) in [5.41, 5.74) is 1.10. The van der Waals surface area contributed by atoms with Crippen molar-refractivity contribution in [3.8, 4) is 0 Å². The van der Waals surface area contributed by atoms with E-state index in [1.807, 2.05) is 31.2 Å². The topological polar surface area (TPSA) is 56.0 Å². The number of carbonyl (C=O) groups is 1. The summed E-state index contributed by atoms with van der Waals surface area (Å²) in [6.07, 6.45) is 1.32. The molecule has 0 spiro atoms. The molecule has 0 radical (unpaired) electrons. The smallest absolute Gasteiger partial charge is 0.234 e. The molecule has 2 rings (SSSR count). The molecule has 18 heavy (non-hydrogen) atoms. The average Bonchev–Trinajstić information content (AvgIpc) is 2.79. The molecule has 0 N–H and O–H groups in total. The van der Waals surface area contributed by atoms with Gasteiger partial charge in [0.25, 0.3) is 0 Å². The number of aromatic nitrogens is 2. The molecule has 0 aliphatic heterocycles. The molecule has 0 atom stereocenters. The Morgan fingerprint density at radius 3 is 2.72 bits per heavy atom. The number of hydrogen-bond acceptors (Lipinski definition) is 4. The van der Waals surface area contributed by atoms with Crippen LogP contribution in [0.4, 0.5) is 0 Å². The molecule has 0 unspecified atom stereocenters. The molecule has 94 valence electrons. The Morgan fingerprint density at radius 2 is 2.06 bits per heavy atom.